The number of para-hydroxylation sites is 2. The number of halogens is 1. The van der Waals surface area contributed by atoms with E-state index in [4.69, 9.17) is 0 Å². The quantitative estimate of drug-likeness (QED) is 0.153. The largest absolute Gasteiger partial charge is 0.310 e. The van der Waals surface area contributed by atoms with Crippen molar-refractivity contribution in [2.45, 2.75) is 0 Å². The zero-order valence-electron chi connectivity index (χ0n) is 29.0. The fraction of sp³-hybridized carbons (Fsp3) is 0. The molecule has 0 aliphatic carbocycles. The maximum atomic E-state index is 3.97. The molecule has 0 amide bonds. The molecule has 0 saturated carbocycles. The van der Waals surface area contributed by atoms with Gasteiger partial charge in [-0.05, 0) is 87.6 Å². The van der Waals surface area contributed by atoms with Gasteiger partial charge in [0.1, 0.15) is 0 Å². The second-order valence-electron chi connectivity index (χ2n) is 13.1. The molecule has 0 radical (unpaired) electrons. The Kier molecular flexibility index (Phi) is 8.77. The van der Waals surface area contributed by atoms with E-state index in [9.17, 15) is 0 Å². The highest BCUT2D eigenvalue weighted by Crippen LogP contribution is 2.47. The summed E-state index contributed by atoms with van der Waals surface area (Å²) in [5, 5.41) is 4.79. The summed E-state index contributed by atoms with van der Waals surface area (Å²) in [7, 11) is 0. The van der Waals surface area contributed by atoms with Gasteiger partial charge < -0.3 is 9.80 Å². The first kappa shape index (κ1) is 32.5. The number of hydrogen-bond donors (Lipinski definition) is 0. The van der Waals surface area contributed by atoms with Gasteiger partial charge in [0.2, 0.25) is 0 Å². The Morgan fingerprint density at radius 1 is 0.283 bits per heavy atom. The van der Waals surface area contributed by atoms with Crippen LogP contribution in [0.5, 0.6) is 0 Å². The summed E-state index contributed by atoms with van der Waals surface area (Å²) in [5.41, 5.74) is 11.3. The Balaban J connectivity index is 1.26. The van der Waals surface area contributed by atoms with Crippen LogP contribution in [-0.4, -0.2) is 0 Å². The Morgan fingerprint density at radius 2 is 0.623 bits per heavy atom. The van der Waals surface area contributed by atoms with Crippen molar-refractivity contribution in [1.29, 1.82) is 0 Å². The lowest BCUT2D eigenvalue weighted by molar-refractivity contribution is 1.26. The van der Waals surface area contributed by atoms with E-state index < -0.39 is 0 Å². The van der Waals surface area contributed by atoms with Crippen LogP contribution in [0.4, 0.5) is 34.1 Å². The van der Waals surface area contributed by atoms with Crippen molar-refractivity contribution >= 4 is 71.6 Å². The highest BCUT2D eigenvalue weighted by molar-refractivity contribution is 9.10. The van der Waals surface area contributed by atoms with Gasteiger partial charge in [0.15, 0.2) is 0 Å². The van der Waals surface area contributed by atoms with E-state index in [1.54, 1.807) is 0 Å². The van der Waals surface area contributed by atoms with E-state index >= 15 is 0 Å². The second kappa shape index (κ2) is 14.3. The topological polar surface area (TPSA) is 6.48 Å². The molecule has 0 heterocycles. The SMILES string of the molecule is Brc1cc(N(c2ccccc2)c2ccc(-c3ccccc3)c3ccccc23)cc(N(c2ccccc2)c2ccc(-c3ccccc3)c3ccccc23)c1. The molecular weight excluding hydrogens is 708 g/mol. The molecule has 252 valence electrons. The van der Waals surface area contributed by atoms with Crippen LogP contribution in [0, 0.1) is 0 Å². The van der Waals surface area contributed by atoms with Crippen molar-refractivity contribution in [3.8, 4) is 22.3 Å². The number of hydrogen-bond acceptors (Lipinski definition) is 2. The van der Waals surface area contributed by atoms with Gasteiger partial charge in [-0.2, -0.15) is 0 Å². The van der Waals surface area contributed by atoms with Crippen molar-refractivity contribution in [3.63, 3.8) is 0 Å². The molecule has 0 fully saturated rings. The summed E-state index contributed by atoms with van der Waals surface area (Å²) in [5.74, 6) is 0. The predicted molar refractivity (Wildman–Crippen MR) is 229 cm³/mol. The van der Waals surface area contributed by atoms with Crippen LogP contribution >= 0.6 is 15.9 Å². The van der Waals surface area contributed by atoms with Gasteiger partial charge in [-0.15, -0.1) is 0 Å². The zero-order chi connectivity index (χ0) is 35.6. The first-order valence-corrected chi connectivity index (χ1v) is 18.7. The molecule has 3 heteroatoms. The van der Waals surface area contributed by atoms with Crippen LogP contribution in [0.3, 0.4) is 0 Å². The molecule has 0 aromatic heterocycles. The smallest absolute Gasteiger partial charge is 0.0540 e. The lowest BCUT2D eigenvalue weighted by Gasteiger charge is -2.31. The molecule has 0 N–H and O–H groups in total. The van der Waals surface area contributed by atoms with Crippen LogP contribution in [0.2, 0.25) is 0 Å². The van der Waals surface area contributed by atoms with Crippen LogP contribution in [0.25, 0.3) is 43.8 Å². The Morgan fingerprint density at radius 3 is 1.02 bits per heavy atom. The molecule has 0 unspecified atom stereocenters. The maximum absolute atomic E-state index is 3.97. The molecule has 0 saturated heterocycles. The van der Waals surface area contributed by atoms with Gasteiger partial charge in [-0.1, -0.05) is 174 Å². The first-order chi connectivity index (χ1) is 26.2. The van der Waals surface area contributed by atoms with E-state index in [2.05, 4.69) is 238 Å². The highest BCUT2D eigenvalue weighted by atomic mass is 79.9. The van der Waals surface area contributed by atoms with E-state index in [0.717, 1.165) is 38.6 Å². The maximum Gasteiger partial charge on any atom is 0.0540 e. The van der Waals surface area contributed by atoms with E-state index in [1.165, 1.54) is 43.8 Å². The number of anilines is 6. The molecule has 9 aromatic rings. The van der Waals surface area contributed by atoms with E-state index in [-0.39, 0.29) is 0 Å². The van der Waals surface area contributed by atoms with E-state index in [1.807, 2.05) is 0 Å². The third-order valence-electron chi connectivity index (χ3n) is 9.87. The standard InChI is InChI=1S/C50H35BrN2/c51-38-33-41(52(39-21-9-3-10-22-39)49-31-29-43(36-17-5-1-6-18-36)45-25-13-15-27-47(45)49)35-42(34-38)53(40-23-11-4-12-24-40)50-32-30-44(37-19-7-2-8-20-37)46-26-14-16-28-48(46)50/h1-35H. The summed E-state index contributed by atoms with van der Waals surface area (Å²) in [6.45, 7) is 0. The highest BCUT2D eigenvalue weighted by Gasteiger charge is 2.22. The molecule has 0 aliphatic heterocycles. The monoisotopic (exact) mass is 742 g/mol. The van der Waals surface area contributed by atoms with Crippen molar-refractivity contribution in [2.75, 3.05) is 9.80 Å². The molecule has 9 aromatic carbocycles. The molecule has 0 bridgehead atoms. The molecule has 0 aliphatic rings. The van der Waals surface area contributed by atoms with Crippen LogP contribution < -0.4 is 9.80 Å². The van der Waals surface area contributed by atoms with Crippen molar-refractivity contribution < 1.29 is 0 Å². The minimum Gasteiger partial charge on any atom is -0.310 e. The van der Waals surface area contributed by atoms with E-state index in [0.29, 0.717) is 0 Å². The second-order valence-corrected chi connectivity index (χ2v) is 14.0. The molecule has 53 heavy (non-hydrogen) atoms. The third-order valence-corrected chi connectivity index (χ3v) is 10.3. The number of benzene rings is 9. The lowest BCUT2D eigenvalue weighted by Crippen LogP contribution is -2.14. The van der Waals surface area contributed by atoms with Crippen molar-refractivity contribution in [1.82, 2.24) is 0 Å². The number of fused-ring (bicyclic) bond motifs is 2. The zero-order valence-corrected chi connectivity index (χ0v) is 30.6. The molecule has 0 spiro atoms. The van der Waals surface area contributed by atoms with Gasteiger partial charge in [0, 0.05) is 38.0 Å². The van der Waals surface area contributed by atoms with Crippen LogP contribution in [-0.2, 0) is 0 Å². The molecule has 2 nitrogen and oxygen atoms in total. The fourth-order valence-electron chi connectivity index (χ4n) is 7.52. The summed E-state index contributed by atoms with van der Waals surface area (Å²) in [6.07, 6.45) is 0. The summed E-state index contributed by atoms with van der Waals surface area (Å²) in [4.78, 5) is 4.76. The minimum atomic E-state index is 0.988. The lowest BCUT2D eigenvalue weighted by atomic mass is 9.96. The van der Waals surface area contributed by atoms with Gasteiger partial charge in [-0.3, -0.25) is 0 Å². The Bertz CT molecular complexity index is 2490. The average Bonchev–Trinajstić information content (AvgIpc) is 3.22. The Labute approximate surface area is 319 Å². The Hall–Kier alpha value is -6.42. The predicted octanol–water partition coefficient (Wildman–Crippen LogP) is 15.0. The molecule has 0 atom stereocenters. The van der Waals surface area contributed by atoms with Crippen molar-refractivity contribution in [2.24, 2.45) is 0 Å². The van der Waals surface area contributed by atoms with Crippen LogP contribution in [0.15, 0.2) is 217 Å². The van der Waals surface area contributed by atoms with Gasteiger partial charge in [0.05, 0.1) is 11.4 Å². The minimum absolute atomic E-state index is 0.988. The summed E-state index contributed by atoms with van der Waals surface area (Å²) < 4.78 is 0.988. The summed E-state index contributed by atoms with van der Waals surface area (Å²) >= 11 is 3.97. The molecule has 9 rings (SSSR count). The first-order valence-electron chi connectivity index (χ1n) is 17.9. The summed E-state index contributed by atoms with van der Waals surface area (Å²) in [6, 6.07) is 75.9. The van der Waals surface area contributed by atoms with Gasteiger partial charge in [0.25, 0.3) is 0 Å². The number of rotatable bonds is 8. The van der Waals surface area contributed by atoms with Gasteiger partial charge in [-0.25, -0.2) is 0 Å². The average molecular weight is 744 g/mol. The van der Waals surface area contributed by atoms with Crippen molar-refractivity contribution in [3.05, 3.63) is 217 Å². The van der Waals surface area contributed by atoms with Crippen LogP contribution in [0.1, 0.15) is 0 Å². The fourth-order valence-corrected chi connectivity index (χ4v) is 7.99. The third kappa shape index (κ3) is 6.26. The number of nitrogens with zero attached hydrogens (tertiary/aromatic N) is 2. The molecular formula is C50H35BrN2. The van der Waals surface area contributed by atoms with Gasteiger partial charge >= 0.3 is 0 Å². The normalized spacial score (nSPS) is 11.1.